The minimum atomic E-state index is -0.322. The highest BCUT2D eigenvalue weighted by molar-refractivity contribution is 4.45. The van der Waals surface area contributed by atoms with Crippen molar-refractivity contribution in [1.82, 2.24) is 5.32 Å². The number of nitrogens with one attached hydrogen (secondary N) is 1. The number of hydrogen-bond donors (Lipinski definition) is 2. The number of alkyl halides is 1. The third kappa shape index (κ3) is 9.81. The highest BCUT2D eigenvalue weighted by Crippen LogP contribution is 1.79. The first kappa shape index (κ1) is 10.8. The summed E-state index contributed by atoms with van der Waals surface area (Å²) in [6.07, 6.45) is 0.861. The Balaban J connectivity index is 2.69. The first-order chi connectivity index (χ1) is 5.41. The van der Waals surface area contributed by atoms with Gasteiger partial charge in [0.15, 0.2) is 0 Å². The molecule has 68 valence electrons. The SMILES string of the molecule is OCCOCCCNCCF. The van der Waals surface area contributed by atoms with Crippen LogP contribution in [0.1, 0.15) is 6.42 Å². The van der Waals surface area contributed by atoms with E-state index in [9.17, 15) is 4.39 Å². The lowest BCUT2D eigenvalue weighted by Crippen LogP contribution is -2.19. The van der Waals surface area contributed by atoms with E-state index in [0.717, 1.165) is 13.0 Å². The second-order valence-corrected chi connectivity index (χ2v) is 2.13. The molecule has 0 radical (unpaired) electrons. The largest absolute Gasteiger partial charge is 0.394 e. The topological polar surface area (TPSA) is 41.5 Å². The lowest BCUT2D eigenvalue weighted by molar-refractivity contribution is 0.0907. The van der Waals surface area contributed by atoms with Crippen LogP contribution in [0.4, 0.5) is 4.39 Å². The zero-order chi connectivity index (χ0) is 8.36. The van der Waals surface area contributed by atoms with Crippen molar-refractivity contribution in [3.05, 3.63) is 0 Å². The van der Waals surface area contributed by atoms with Crippen LogP contribution >= 0.6 is 0 Å². The van der Waals surface area contributed by atoms with Crippen molar-refractivity contribution in [2.75, 3.05) is 39.6 Å². The molecule has 2 N–H and O–H groups in total. The van der Waals surface area contributed by atoms with Crippen molar-refractivity contribution in [2.45, 2.75) is 6.42 Å². The highest BCUT2D eigenvalue weighted by atomic mass is 19.1. The van der Waals surface area contributed by atoms with Gasteiger partial charge in [-0.3, -0.25) is 0 Å². The van der Waals surface area contributed by atoms with E-state index in [4.69, 9.17) is 9.84 Å². The van der Waals surface area contributed by atoms with Gasteiger partial charge in [-0.05, 0) is 13.0 Å². The molecule has 0 saturated carbocycles. The summed E-state index contributed by atoms with van der Waals surface area (Å²) in [5.74, 6) is 0. The lowest BCUT2D eigenvalue weighted by atomic mass is 10.4. The van der Waals surface area contributed by atoms with Gasteiger partial charge in [0, 0.05) is 13.2 Å². The molecule has 0 fully saturated rings. The Morgan fingerprint density at radius 3 is 2.73 bits per heavy atom. The Morgan fingerprint density at radius 2 is 2.09 bits per heavy atom. The Morgan fingerprint density at radius 1 is 1.27 bits per heavy atom. The van der Waals surface area contributed by atoms with Crippen LogP contribution in [-0.2, 0) is 4.74 Å². The predicted molar refractivity (Wildman–Crippen MR) is 41.4 cm³/mol. The molecule has 0 aliphatic heterocycles. The van der Waals surface area contributed by atoms with Crippen molar-refractivity contribution < 1.29 is 14.2 Å². The molecule has 0 amide bonds. The van der Waals surface area contributed by atoms with Gasteiger partial charge in [-0.25, -0.2) is 4.39 Å². The second-order valence-electron chi connectivity index (χ2n) is 2.13. The Bertz CT molecular complexity index is 65.5. The normalized spacial score (nSPS) is 10.4. The van der Waals surface area contributed by atoms with Crippen LogP contribution in [0.25, 0.3) is 0 Å². The van der Waals surface area contributed by atoms with Gasteiger partial charge in [-0.15, -0.1) is 0 Å². The zero-order valence-electron chi connectivity index (χ0n) is 6.68. The van der Waals surface area contributed by atoms with Crippen LogP contribution in [0.5, 0.6) is 0 Å². The molecule has 0 atom stereocenters. The van der Waals surface area contributed by atoms with Gasteiger partial charge in [-0.2, -0.15) is 0 Å². The Labute approximate surface area is 66.6 Å². The van der Waals surface area contributed by atoms with Crippen molar-refractivity contribution in [3.63, 3.8) is 0 Å². The maximum absolute atomic E-state index is 11.5. The third-order valence-electron chi connectivity index (χ3n) is 1.15. The average molecular weight is 165 g/mol. The van der Waals surface area contributed by atoms with Gasteiger partial charge >= 0.3 is 0 Å². The summed E-state index contributed by atoms with van der Waals surface area (Å²) in [4.78, 5) is 0. The van der Waals surface area contributed by atoms with Gasteiger partial charge in [0.2, 0.25) is 0 Å². The Kier molecular flexibility index (Phi) is 9.64. The standard InChI is InChI=1S/C7H16FNO2/c8-2-4-9-3-1-6-11-7-5-10/h9-10H,1-7H2. The summed E-state index contributed by atoms with van der Waals surface area (Å²) in [6, 6.07) is 0. The highest BCUT2D eigenvalue weighted by Gasteiger charge is 1.87. The summed E-state index contributed by atoms with van der Waals surface area (Å²) in [7, 11) is 0. The minimum absolute atomic E-state index is 0.0674. The molecule has 0 rings (SSSR count). The molecule has 0 saturated heterocycles. The maximum atomic E-state index is 11.5. The number of aliphatic hydroxyl groups excluding tert-OH is 1. The van der Waals surface area contributed by atoms with E-state index in [0.29, 0.717) is 19.8 Å². The van der Waals surface area contributed by atoms with E-state index in [1.807, 2.05) is 0 Å². The Hall–Kier alpha value is -0.190. The molecular weight excluding hydrogens is 149 g/mol. The van der Waals surface area contributed by atoms with E-state index in [-0.39, 0.29) is 13.3 Å². The van der Waals surface area contributed by atoms with Crippen molar-refractivity contribution in [1.29, 1.82) is 0 Å². The summed E-state index contributed by atoms with van der Waals surface area (Å²) in [5, 5.41) is 11.2. The first-order valence-corrected chi connectivity index (χ1v) is 3.87. The summed E-state index contributed by atoms with van der Waals surface area (Å²) in [6.45, 7) is 1.95. The van der Waals surface area contributed by atoms with Crippen LogP contribution in [0, 0.1) is 0 Å². The molecule has 0 aromatic rings. The van der Waals surface area contributed by atoms with E-state index in [1.165, 1.54) is 0 Å². The van der Waals surface area contributed by atoms with Crippen LogP contribution in [-0.4, -0.2) is 44.7 Å². The molecule has 0 aromatic carbocycles. The average Bonchev–Trinajstić information content (AvgIpc) is 2.03. The fourth-order valence-electron chi connectivity index (χ4n) is 0.658. The van der Waals surface area contributed by atoms with Gasteiger partial charge in [0.05, 0.1) is 13.2 Å². The summed E-state index contributed by atoms with van der Waals surface area (Å²) in [5.41, 5.74) is 0. The lowest BCUT2D eigenvalue weighted by Gasteiger charge is -2.02. The fourth-order valence-corrected chi connectivity index (χ4v) is 0.658. The van der Waals surface area contributed by atoms with Gasteiger partial charge < -0.3 is 15.2 Å². The molecule has 0 unspecified atom stereocenters. The number of hydrogen-bond acceptors (Lipinski definition) is 3. The molecule has 0 bridgehead atoms. The van der Waals surface area contributed by atoms with Gasteiger partial charge in [-0.1, -0.05) is 0 Å². The van der Waals surface area contributed by atoms with Crippen molar-refractivity contribution in [3.8, 4) is 0 Å². The quantitative estimate of drug-likeness (QED) is 0.495. The summed E-state index contributed by atoms with van der Waals surface area (Å²) >= 11 is 0. The van der Waals surface area contributed by atoms with Crippen LogP contribution < -0.4 is 5.32 Å². The van der Waals surface area contributed by atoms with Gasteiger partial charge in [0.1, 0.15) is 6.67 Å². The summed E-state index contributed by atoms with van der Waals surface area (Å²) < 4.78 is 16.5. The molecule has 11 heavy (non-hydrogen) atoms. The number of rotatable bonds is 8. The molecule has 0 heterocycles. The van der Waals surface area contributed by atoms with Gasteiger partial charge in [0.25, 0.3) is 0 Å². The molecule has 0 aromatic heterocycles. The third-order valence-corrected chi connectivity index (χ3v) is 1.15. The molecule has 4 heteroatoms. The number of aliphatic hydroxyl groups is 1. The molecule has 0 aliphatic carbocycles. The molecule has 0 aliphatic rings. The molecule has 0 spiro atoms. The first-order valence-electron chi connectivity index (χ1n) is 3.87. The van der Waals surface area contributed by atoms with Crippen LogP contribution in [0.2, 0.25) is 0 Å². The van der Waals surface area contributed by atoms with E-state index >= 15 is 0 Å². The fraction of sp³-hybridized carbons (Fsp3) is 1.00. The maximum Gasteiger partial charge on any atom is 0.102 e. The molecular formula is C7H16FNO2. The zero-order valence-corrected chi connectivity index (χ0v) is 6.68. The van der Waals surface area contributed by atoms with Crippen LogP contribution in [0.3, 0.4) is 0 Å². The van der Waals surface area contributed by atoms with E-state index in [2.05, 4.69) is 5.32 Å². The van der Waals surface area contributed by atoms with Crippen LogP contribution in [0.15, 0.2) is 0 Å². The van der Waals surface area contributed by atoms with Crippen molar-refractivity contribution >= 4 is 0 Å². The second kappa shape index (κ2) is 9.81. The molecule has 3 nitrogen and oxygen atoms in total. The van der Waals surface area contributed by atoms with E-state index in [1.54, 1.807) is 0 Å². The number of ether oxygens (including phenoxy) is 1. The van der Waals surface area contributed by atoms with Crippen molar-refractivity contribution in [2.24, 2.45) is 0 Å². The van der Waals surface area contributed by atoms with E-state index < -0.39 is 0 Å². The smallest absolute Gasteiger partial charge is 0.102 e. The monoisotopic (exact) mass is 165 g/mol. The minimum Gasteiger partial charge on any atom is -0.394 e. The number of halogens is 1. The predicted octanol–water partition coefficient (Wildman–Crippen LogP) is -0.0555.